The fourth-order valence-electron chi connectivity index (χ4n) is 4.15. The number of anilines is 1. The topological polar surface area (TPSA) is 92.8 Å². The van der Waals surface area contributed by atoms with E-state index in [9.17, 15) is 4.79 Å². The number of nitrogens with one attached hydrogen (secondary N) is 2. The van der Waals surface area contributed by atoms with E-state index in [-0.39, 0.29) is 10.9 Å². The number of benzene rings is 3. The number of rotatable bonds is 6. The molecule has 9 heteroatoms. The number of hydrogen-bond donors (Lipinski definition) is 2. The van der Waals surface area contributed by atoms with Crippen molar-refractivity contribution >= 4 is 51.4 Å². The van der Waals surface area contributed by atoms with E-state index in [1.165, 1.54) is 18.0 Å². The Labute approximate surface area is 227 Å². The van der Waals surface area contributed by atoms with E-state index in [0.717, 1.165) is 27.2 Å². The molecule has 0 saturated carbocycles. The van der Waals surface area contributed by atoms with E-state index < -0.39 is 0 Å². The molecule has 0 amide bonds. The zero-order chi connectivity index (χ0) is 26.1. The lowest BCUT2D eigenvalue weighted by Gasteiger charge is -2.13. The standard InChI is InChI=1S/C29H20ClN5O2S/c1-37-20-9-11-21(12-10-20)38-35-24-16-23(36)28-29(32-24)34-26(17-6-3-2-4-7-17)27(33-28)19-14-18-8-5-13-31-25(18)22(30)15-19/h2-16H,1H3,(H2,32,34,35,36). The van der Waals surface area contributed by atoms with Gasteiger partial charge in [0, 0.05) is 33.7 Å². The van der Waals surface area contributed by atoms with Gasteiger partial charge >= 0.3 is 0 Å². The van der Waals surface area contributed by atoms with E-state index in [2.05, 4.69) is 14.7 Å². The van der Waals surface area contributed by atoms with Crippen LogP contribution in [0.25, 0.3) is 44.6 Å². The molecule has 0 fully saturated rings. The van der Waals surface area contributed by atoms with Crippen molar-refractivity contribution in [3.05, 3.63) is 106 Å². The highest BCUT2D eigenvalue weighted by molar-refractivity contribution is 8.00. The number of nitrogens with zero attached hydrogens (tertiary/aromatic N) is 3. The minimum atomic E-state index is -0.251. The van der Waals surface area contributed by atoms with Gasteiger partial charge in [0.05, 0.1) is 29.0 Å². The summed E-state index contributed by atoms with van der Waals surface area (Å²) in [4.78, 5) is 31.4. The largest absolute Gasteiger partial charge is 0.497 e. The van der Waals surface area contributed by atoms with Crippen molar-refractivity contribution in [1.82, 2.24) is 19.9 Å². The first-order valence-corrected chi connectivity index (χ1v) is 12.9. The van der Waals surface area contributed by atoms with Crippen molar-refractivity contribution in [1.29, 1.82) is 0 Å². The normalized spacial score (nSPS) is 11.1. The Morgan fingerprint density at radius 2 is 1.66 bits per heavy atom. The quantitative estimate of drug-likeness (QED) is 0.221. The third-order valence-electron chi connectivity index (χ3n) is 5.98. The van der Waals surface area contributed by atoms with E-state index in [1.807, 2.05) is 78.9 Å². The molecule has 3 heterocycles. The van der Waals surface area contributed by atoms with Gasteiger partial charge in [-0.15, -0.1) is 0 Å². The lowest BCUT2D eigenvalue weighted by Crippen LogP contribution is -2.09. The molecule has 0 saturated heterocycles. The summed E-state index contributed by atoms with van der Waals surface area (Å²) < 4.78 is 8.40. The molecule has 2 N–H and O–H groups in total. The maximum Gasteiger partial charge on any atom is 0.211 e. The second-order valence-corrected chi connectivity index (χ2v) is 9.73. The highest BCUT2D eigenvalue weighted by atomic mass is 35.5. The minimum Gasteiger partial charge on any atom is -0.497 e. The van der Waals surface area contributed by atoms with Gasteiger partial charge in [0.2, 0.25) is 5.43 Å². The van der Waals surface area contributed by atoms with Crippen LogP contribution in [0.2, 0.25) is 5.02 Å². The van der Waals surface area contributed by atoms with Crippen molar-refractivity contribution in [2.24, 2.45) is 0 Å². The third-order valence-corrected chi connectivity index (χ3v) is 7.09. The Hall–Kier alpha value is -4.40. The predicted molar refractivity (Wildman–Crippen MR) is 154 cm³/mol. The van der Waals surface area contributed by atoms with E-state index in [1.54, 1.807) is 13.3 Å². The van der Waals surface area contributed by atoms with Crippen LogP contribution in [-0.2, 0) is 0 Å². The summed E-state index contributed by atoms with van der Waals surface area (Å²) in [5.74, 6) is 1.29. The Morgan fingerprint density at radius 1 is 0.868 bits per heavy atom. The van der Waals surface area contributed by atoms with Gasteiger partial charge in [-0.25, -0.2) is 9.97 Å². The molecule has 0 aliphatic heterocycles. The second kappa shape index (κ2) is 10.2. The predicted octanol–water partition coefficient (Wildman–Crippen LogP) is 6.98. The number of aromatic nitrogens is 4. The number of fused-ring (bicyclic) bond motifs is 2. The number of H-pyrrole nitrogens is 1. The Kier molecular flexibility index (Phi) is 6.41. The van der Waals surface area contributed by atoms with Crippen LogP contribution in [0, 0.1) is 0 Å². The fourth-order valence-corrected chi connectivity index (χ4v) is 5.04. The molecule has 6 aromatic rings. The van der Waals surface area contributed by atoms with Crippen LogP contribution in [0.3, 0.4) is 0 Å². The Bertz CT molecular complexity index is 1840. The second-order valence-electron chi connectivity index (χ2n) is 8.44. The molecule has 0 atom stereocenters. The molecule has 0 unspecified atom stereocenters. The average molecular weight is 538 g/mol. The molecule has 0 bridgehead atoms. The zero-order valence-corrected chi connectivity index (χ0v) is 21.7. The van der Waals surface area contributed by atoms with Crippen LogP contribution in [0.5, 0.6) is 5.75 Å². The fraction of sp³-hybridized carbons (Fsp3) is 0.0345. The van der Waals surface area contributed by atoms with Crippen LogP contribution in [0.1, 0.15) is 0 Å². The first-order valence-electron chi connectivity index (χ1n) is 11.7. The number of methoxy groups -OCH3 is 1. The Morgan fingerprint density at radius 3 is 2.45 bits per heavy atom. The van der Waals surface area contributed by atoms with Gasteiger partial charge in [0.25, 0.3) is 0 Å². The number of aromatic amines is 1. The van der Waals surface area contributed by atoms with Crippen LogP contribution in [-0.4, -0.2) is 27.0 Å². The van der Waals surface area contributed by atoms with E-state index in [4.69, 9.17) is 26.3 Å². The SMILES string of the molecule is COc1ccc(SNc2cc(=O)c3nc(-c4cc(Cl)c5ncccc5c4)c(-c4ccccc4)nc3[nH]2)cc1. The van der Waals surface area contributed by atoms with E-state index in [0.29, 0.717) is 33.4 Å². The first kappa shape index (κ1) is 24.0. The van der Waals surface area contributed by atoms with Crippen molar-refractivity contribution in [3.63, 3.8) is 0 Å². The van der Waals surface area contributed by atoms with Gasteiger partial charge in [-0.2, -0.15) is 0 Å². The summed E-state index contributed by atoms with van der Waals surface area (Å²) in [7, 11) is 1.63. The van der Waals surface area contributed by atoms with Crippen LogP contribution in [0.15, 0.2) is 101 Å². The van der Waals surface area contributed by atoms with Crippen molar-refractivity contribution in [2.75, 3.05) is 11.8 Å². The molecule has 0 spiro atoms. The lowest BCUT2D eigenvalue weighted by atomic mass is 10.0. The van der Waals surface area contributed by atoms with Crippen molar-refractivity contribution in [3.8, 4) is 28.3 Å². The number of hydrogen-bond acceptors (Lipinski definition) is 7. The molecule has 3 aromatic heterocycles. The molecule has 0 aliphatic carbocycles. The number of halogens is 1. The third kappa shape index (κ3) is 4.67. The van der Waals surface area contributed by atoms with Crippen molar-refractivity contribution < 1.29 is 4.74 Å². The maximum absolute atomic E-state index is 13.2. The Balaban J connectivity index is 1.46. The average Bonchev–Trinajstić information content (AvgIpc) is 2.96. The summed E-state index contributed by atoms with van der Waals surface area (Å²) >= 11 is 7.96. The number of ether oxygens (including phenoxy) is 1. The molecule has 0 aliphatic rings. The molecular formula is C29H20ClN5O2S. The van der Waals surface area contributed by atoms with Gasteiger partial charge in [0.1, 0.15) is 11.6 Å². The maximum atomic E-state index is 13.2. The summed E-state index contributed by atoms with van der Waals surface area (Å²) in [6.45, 7) is 0. The molecule has 3 aromatic carbocycles. The monoisotopic (exact) mass is 537 g/mol. The molecular weight excluding hydrogens is 518 g/mol. The highest BCUT2D eigenvalue weighted by Crippen LogP contribution is 2.34. The van der Waals surface area contributed by atoms with Gasteiger partial charge in [0.15, 0.2) is 11.2 Å². The lowest BCUT2D eigenvalue weighted by molar-refractivity contribution is 0.414. The van der Waals surface area contributed by atoms with Gasteiger partial charge < -0.3 is 14.4 Å². The summed E-state index contributed by atoms with van der Waals surface area (Å²) in [6.07, 6.45) is 1.71. The molecule has 6 rings (SSSR count). The minimum absolute atomic E-state index is 0.238. The summed E-state index contributed by atoms with van der Waals surface area (Å²) in [6, 6.07) is 26.4. The van der Waals surface area contributed by atoms with Crippen LogP contribution in [0.4, 0.5) is 5.82 Å². The molecule has 186 valence electrons. The highest BCUT2D eigenvalue weighted by Gasteiger charge is 2.17. The summed E-state index contributed by atoms with van der Waals surface area (Å²) in [5.41, 5.74) is 3.89. The smallest absolute Gasteiger partial charge is 0.211 e. The molecule has 0 radical (unpaired) electrons. The van der Waals surface area contributed by atoms with Crippen molar-refractivity contribution in [2.45, 2.75) is 4.90 Å². The first-order chi connectivity index (χ1) is 18.6. The van der Waals surface area contributed by atoms with Gasteiger partial charge in [-0.1, -0.05) is 48.0 Å². The number of pyridine rings is 2. The molecule has 7 nitrogen and oxygen atoms in total. The van der Waals surface area contributed by atoms with Crippen LogP contribution >= 0.6 is 23.5 Å². The zero-order valence-electron chi connectivity index (χ0n) is 20.1. The van der Waals surface area contributed by atoms with E-state index >= 15 is 0 Å². The summed E-state index contributed by atoms with van der Waals surface area (Å²) in [5, 5.41) is 1.38. The van der Waals surface area contributed by atoms with Gasteiger partial charge in [-0.3, -0.25) is 9.78 Å². The van der Waals surface area contributed by atoms with Gasteiger partial charge in [-0.05, 0) is 54.4 Å². The van der Waals surface area contributed by atoms with Crippen LogP contribution < -0.4 is 14.9 Å². The molecule has 38 heavy (non-hydrogen) atoms.